The van der Waals surface area contributed by atoms with Gasteiger partial charge in [-0.25, -0.2) is 0 Å². The minimum absolute atomic E-state index is 0.00868. The van der Waals surface area contributed by atoms with Gasteiger partial charge in [0.25, 0.3) is 0 Å². The lowest BCUT2D eigenvalue weighted by molar-refractivity contribution is -0.0232. The molecule has 7 atom stereocenters. The van der Waals surface area contributed by atoms with Gasteiger partial charge in [-0.05, 0) is 18.8 Å². The lowest BCUT2D eigenvalue weighted by Crippen LogP contribution is -2.59. The first-order chi connectivity index (χ1) is 8.35. The maximum Gasteiger partial charge on any atom is 0.152 e. The lowest BCUT2D eigenvalue weighted by atomic mass is 9.65. The van der Waals surface area contributed by atoms with Crippen LogP contribution in [0, 0.1) is 11.8 Å². The molecule has 0 bridgehead atoms. The highest BCUT2D eigenvalue weighted by molar-refractivity contribution is 5.41. The molecule has 0 aromatic carbocycles. The number of ether oxygens (including phenoxy) is 3. The van der Waals surface area contributed by atoms with E-state index in [1.807, 2.05) is 6.92 Å². The van der Waals surface area contributed by atoms with Gasteiger partial charge >= 0.3 is 0 Å². The maximum absolute atomic E-state index is 10.8. The Hall–Kier alpha value is -0.160. The molecule has 3 saturated heterocycles. The van der Waals surface area contributed by atoms with Gasteiger partial charge in [-0.2, -0.15) is 0 Å². The van der Waals surface area contributed by atoms with Crippen LogP contribution in [0.25, 0.3) is 0 Å². The third-order valence-electron chi connectivity index (χ3n) is 5.79. The van der Waals surface area contributed by atoms with Crippen LogP contribution < -0.4 is 0 Å². The molecule has 0 amide bonds. The summed E-state index contributed by atoms with van der Waals surface area (Å²) < 4.78 is 17.9. The summed E-state index contributed by atoms with van der Waals surface area (Å²) in [6, 6.07) is 0. The SMILES string of the molecule is CC(C)C12OC1C1(C(C)C)OC1C1(OC1C)C2O. The van der Waals surface area contributed by atoms with Crippen LogP contribution in [0.15, 0.2) is 0 Å². The molecule has 4 heteroatoms. The molecule has 0 aromatic rings. The van der Waals surface area contributed by atoms with Crippen LogP contribution in [-0.4, -0.2) is 46.3 Å². The van der Waals surface area contributed by atoms with Crippen LogP contribution in [0.3, 0.4) is 0 Å². The van der Waals surface area contributed by atoms with Gasteiger partial charge in [0, 0.05) is 0 Å². The molecule has 1 aliphatic carbocycles. The molecule has 7 unspecified atom stereocenters. The summed E-state index contributed by atoms with van der Waals surface area (Å²) >= 11 is 0. The van der Waals surface area contributed by atoms with Gasteiger partial charge < -0.3 is 19.3 Å². The molecule has 102 valence electrons. The predicted molar refractivity (Wildman–Crippen MR) is 64.2 cm³/mol. The van der Waals surface area contributed by atoms with Crippen molar-refractivity contribution in [3.8, 4) is 0 Å². The summed E-state index contributed by atoms with van der Waals surface area (Å²) in [5.41, 5.74) is -1.20. The summed E-state index contributed by atoms with van der Waals surface area (Å²) in [6.07, 6.45) is -0.454. The number of hydrogen-bond donors (Lipinski definition) is 1. The van der Waals surface area contributed by atoms with Crippen molar-refractivity contribution in [1.29, 1.82) is 0 Å². The molecule has 18 heavy (non-hydrogen) atoms. The number of rotatable bonds is 2. The van der Waals surface area contributed by atoms with Gasteiger partial charge in [0.2, 0.25) is 0 Å². The molecule has 3 heterocycles. The second-order valence-electron chi connectivity index (χ2n) is 7.03. The second-order valence-corrected chi connectivity index (χ2v) is 7.03. The van der Waals surface area contributed by atoms with Crippen LogP contribution in [0.5, 0.6) is 0 Å². The third kappa shape index (κ3) is 0.883. The highest BCUT2D eigenvalue weighted by Crippen LogP contribution is 2.74. The van der Waals surface area contributed by atoms with Crippen molar-refractivity contribution in [3.05, 3.63) is 0 Å². The topological polar surface area (TPSA) is 57.8 Å². The molecule has 4 fully saturated rings. The van der Waals surface area contributed by atoms with E-state index in [-0.39, 0.29) is 29.8 Å². The standard InChI is InChI=1S/C14H22O4/c1-6(2)12-9(15)14(8(5)16-14)11-13(18-11,7(3)4)10(12)17-12/h6-11,15H,1-5H3. The zero-order valence-electron chi connectivity index (χ0n) is 11.6. The molecule has 0 radical (unpaired) electrons. The first-order valence-corrected chi connectivity index (χ1v) is 7.06. The average molecular weight is 254 g/mol. The van der Waals surface area contributed by atoms with Crippen molar-refractivity contribution >= 4 is 0 Å². The van der Waals surface area contributed by atoms with E-state index < -0.39 is 17.3 Å². The molecular formula is C14H22O4. The Kier molecular flexibility index (Phi) is 1.81. The highest BCUT2D eigenvalue weighted by Gasteiger charge is 2.94. The number of aliphatic hydroxyl groups excluding tert-OH is 1. The van der Waals surface area contributed by atoms with E-state index in [1.165, 1.54) is 0 Å². The number of aliphatic hydroxyl groups is 1. The fraction of sp³-hybridized carbons (Fsp3) is 1.00. The van der Waals surface area contributed by atoms with E-state index in [9.17, 15) is 5.11 Å². The third-order valence-corrected chi connectivity index (χ3v) is 5.79. The van der Waals surface area contributed by atoms with E-state index in [4.69, 9.17) is 14.2 Å². The Balaban J connectivity index is 1.80. The number of hydrogen-bond acceptors (Lipinski definition) is 4. The van der Waals surface area contributed by atoms with Crippen molar-refractivity contribution in [2.24, 2.45) is 11.8 Å². The van der Waals surface area contributed by atoms with Gasteiger partial charge in [0.1, 0.15) is 29.5 Å². The van der Waals surface area contributed by atoms with Crippen LogP contribution in [-0.2, 0) is 14.2 Å². The molecule has 4 nitrogen and oxygen atoms in total. The van der Waals surface area contributed by atoms with E-state index in [0.29, 0.717) is 5.92 Å². The van der Waals surface area contributed by atoms with Crippen LogP contribution in [0.4, 0.5) is 0 Å². The molecule has 3 aliphatic heterocycles. The van der Waals surface area contributed by atoms with Crippen molar-refractivity contribution in [2.45, 2.75) is 75.8 Å². The summed E-state index contributed by atoms with van der Waals surface area (Å²) in [5.74, 6) is 0.653. The largest absolute Gasteiger partial charge is 0.387 e. The summed E-state index contributed by atoms with van der Waals surface area (Å²) in [5, 5.41) is 10.8. The van der Waals surface area contributed by atoms with E-state index in [0.717, 1.165) is 0 Å². The van der Waals surface area contributed by atoms with E-state index in [1.54, 1.807) is 0 Å². The number of fused-ring (bicyclic) bond motifs is 4. The fourth-order valence-corrected chi connectivity index (χ4v) is 4.46. The van der Waals surface area contributed by atoms with Crippen LogP contribution >= 0.6 is 0 Å². The Morgan fingerprint density at radius 1 is 0.889 bits per heavy atom. The van der Waals surface area contributed by atoms with E-state index >= 15 is 0 Å². The Bertz CT molecular complexity index is 420. The van der Waals surface area contributed by atoms with Gasteiger partial charge in [0.15, 0.2) is 5.60 Å². The quantitative estimate of drug-likeness (QED) is 0.750. The summed E-state index contributed by atoms with van der Waals surface area (Å²) in [4.78, 5) is 0. The van der Waals surface area contributed by atoms with Crippen molar-refractivity contribution < 1.29 is 19.3 Å². The van der Waals surface area contributed by atoms with Crippen molar-refractivity contribution in [1.82, 2.24) is 0 Å². The smallest absolute Gasteiger partial charge is 0.152 e. The van der Waals surface area contributed by atoms with Gasteiger partial charge in [0.05, 0.1) is 6.10 Å². The molecule has 1 N–H and O–H groups in total. The second kappa shape index (κ2) is 2.80. The first kappa shape index (κ1) is 11.6. The molecule has 0 aromatic heterocycles. The van der Waals surface area contributed by atoms with Gasteiger partial charge in [-0.3, -0.25) is 0 Å². The Morgan fingerprint density at radius 3 is 1.83 bits per heavy atom. The van der Waals surface area contributed by atoms with Crippen molar-refractivity contribution in [2.75, 3.05) is 0 Å². The number of epoxide rings is 3. The molecule has 1 saturated carbocycles. The Morgan fingerprint density at radius 2 is 1.39 bits per heavy atom. The summed E-state index contributed by atoms with van der Waals surface area (Å²) in [6.45, 7) is 10.6. The minimum Gasteiger partial charge on any atom is -0.387 e. The fourth-order valence-electron chi connectivity index (χ4n) is 4.46. The van der Waals surface area contributed by atoms with Crippen LogP contribution in [0.2, 0.25) is 0 Å². The molecule has 1 spiro atoms. The van der Waals surface area contributed by atoms with E-state index in [2.05, 4.69) is 27.7 Å². The van der Waals surface area contributed by atoms with Crippen LogP contribution in [0.1, 0.15) is 34.6 Å². The van der Waals surface area contributed by atoms with Gasteiger partial charge in [-0.1, -0.05) is 27.7 Å². The summed E-state index contributed by atoms with van der Waals surface area (Å²) in [7, 11) is 0. The Labute approximate surface area is 108 Å². The molecule has 4 rings (SSSR count). The zero-order chi connectivity index (χ0) is 13.1. The molecule has 4 aliphatic rings. The normalized spacial score (nSPS) is 64.0. The lowest BCUT2D eigenvalue weighted by Gasteiger charge is -2.34. The van der Waals surface area contributed by atoms with Gasteiger partial charge in [-0.15, -0.1) is 0 Å². The maximum atomic E-state index is 10.8. The highest BCUT2D eigenvalue weighted by atomic mass is 16.7. The minimum atomic E-state index is -0.565. The average Bonchev–Trinajstić information content (AvgIpc) is 3.14. The first-order valence-electron chi connectivity index (χ1n) is 7.06. The zero-order valence-corrected chi connectivity index (χ0v) is 11.6. The monoisotopic (exact) mass is 254 g/mol. The predicted octanol–water partition coefficient (Wildman–Crippen LogP) is 1.11. The van der Waals surface area contributed by atoms with Crippen molar-refractivity contribution in [3.63, 3.8) is 0 Å². The molecular weight excluding hydrogens is 232 g/mol.